The fourth-order valence-electron chi connectivity index (χ4n) is 4.17. The average Bonchev–Trinajstić information content (AvgIpc) is 3.51. The van der Waals surface area contributed by atoms with Crippen molar-refractivity contribution in [3.8, 4) is 6.01 Å². The molecule has 0 saturated carbocycles. The molecule has 5 rings (SSSR count). The molecule has 0 amide bonds. The number of fused-ring (bicyclic) bond motifs is 1. The molecule has 2 aliphatic heterocycles. The molecule has 1 unspecified atom stereocenters. The Hall–Kier alpha value is -2.71. The molecule has 2 aromatic heterocycles. The van der Waals surface area contributed by atoms with E-state index in [4.69, 9.17) is 15.2 Å². The van der Waals surface area contributed by atoms with Crippen molar-refractivity contribution < 1.29 is 9.47 Å². The smallest absolute Gasteiger partial charge is 0.320 e. The van der Waals surface area contributed by atoms with Crippen LogP contribution in [0.25, 0.3) is 11.0 Å². The summed E-state index contributed by atoms with van der Waals surface area (Å²) in [5, 5.41) is 5.23. The molecule has 1 atom stereocenters. The number of aromatic nitrogens is 4. The molecule has 4 heterocycles. The largest absolute Gasteiger partial charge is 0.463 e. The number of hydrogen-bond donors (Lipinski definition) is 1. The molecule has 1 aromatic carbocycles. The van der Waals surface area contributed by atoms with E-state index < -0.39 is 0 Å². The van der Waals surface area contributed by atoms with Gasteiger partial charge in [-0.3, -0.25) is 4.90 Å². The summed E-state index contributed by atoms with van der Waals surface area (Å²) in [6.07, 6.45) is 5.36. The van der Waals surface area contributed by atoms with Gasteiger partial charge in [0.25, 0.3) is 0 Å². The van der Waals surface area contributed by atoms with Crippen LogP contribution in [0.1, 0.15) is 30.4 Å². The summed E-state index contributed by atoms with van der Waals surface area (Å²) in [6.45, 7) is 6.13. The number of ether oxygens (including phenoxy) is 2. The second-order valence-corrected chi connectivity index (χ2v) is 8.27. The van der Waals surface area contributed by atoms with Crippen LogP contribution in [-0.2, 0) is 17.8 Å². The molecular weight excluding hydrogens is 380 g/mol. The predicted molar refractivity (Wildman–Crippen MR) is 114 cm³/mol. The van der Waals surface area contributed by atoms with Crippen molar-refractivity contribution >= 4 is 16.9 Å². The highest BCUT2D eigenvalue weighted by Crippen LogP contribution is 2.22. The lowest BCUT2D eigenvalue weighted by atomic mass is 10.1. The van der Waals surface area contributed by atoms with Gasteiger partial charge in [-0.2, -0.15) is 15.1 Å². The van der Waals surface area contributed by atoms with Gasteiger partial charge in [0.15, 0.2) is 5.65 Å². The average molecular weight is 409 g/mol. The number of likely N-dealkylation sites (tertiary alicyclic amines) is 1. The van der Waals surface area contributed by atoms with E-state index in [0.29, 0.717) is 36.5 Å². The first-order valence-corrected chi connectivity index (χ1v) is 10.7. The van der Waals surface area contributed by atoms with Crippen molar-refractivity contribution in [2.24, 2.45) is 5.92 Å². The van der Waals surface area contributed by atoms with Crippen molar-refractivity contribution in [1.29, 1.82) is 0 Å². The topological polar surface area (TPSA) is 91.3 Å². The van der Waals surface area contributed by atoms with Gasteiger partial charge < -0.3 is 15.2 Å². The molecule has 2 aliphatic rings. The molecule has 0 radical (unpaired) electrons. The number of benzene rings is 1. The zero-order valence-electron chi connectivity index (χ0n) is 17.2. The second kappa shape index (κ2) is 8.57. The van der Waals surface area contributed by atoms with Gasteiger partial charge in [0.1, 0.15) is 5.82 Å². The summed E-state index contributed by atoms with van der Waals surface area (Å²) >= 11 is 0. The molecule has 8 heteroatoms. The molecule has 8 nitrogen and oxygen atoms in total. The first kappa shape index (κ1) is 19.3. The minimum atomic E-state index is 0.301. The van der Waals surface area contributed by atoms with E-state index >= 15 is 0 Å². The Balaban J connectivity index is 1.29. The quantitative estimate of drug-likeness (QED) is 0.642. The highest BCUT2D eigenvalue weighted by atomic mass is 16.5. The Labute approximate surface area is 176 Å². The molecule has 0 spiro atoms. The van der Waals surface area contributed by atoms with Gasteiger partial charge in [0.2, 0.25) is 0 Å². The van der Waals surface area contributed by atoms with E-state index in [1.807, 2.05) is 4.68 Å². The summed E-state index contributed by atoms with van der Waals surface area (Å²) < 4.78 is 13.1. The third-order valence-corrected chi connectivity index (χ3v) is 5.94. The maximum Gasteiger partial charge on any atom is 0.320 e. The standard InChI is InChI=1S/C22H28N6O2/c23-20-19-11-24-28(21(19)26-22(25-20)30-15-18-7-10-29-14-18)13-17-5-3-16(4-6-17)12-27-8-1-2-9-27/h3-6,11,18H,1-2,7-10,12-15H2,(H2,23,25,26). The lowest BCUT2D eigenvalue weighted by molar-refractivity contribution is 0.164. The molecule has 2 fully saturated rings. The van der Waals surface area contributed by atoms with Crippen molar-refractivity contribution in [3.63, 3.8) is 0 Å². The molecule has 3 aromatic rings. The predicted octanol–water partition coefficient (Wildman–Crippen LogP) is 2.47. The van der Waals surface area contributed by atoms with Gasteiger partial charge in [-0.1, -0.05) is 24.3 Å². The minimum absolute atomic E-state index is 0.301. The minimum Gasteiger partial charge on any atom is -0.463 e. The van der Waals surface area contributed by atoms with Gasteiger partial charge in [-0.25, -0.2) is 4.68 Å². The lowest BCUT2D eigenvalue weighted by Crippen LogP contribution is -2.18. The van der Waals surface area contributed by atoms with Gasteiger partial charge in [-0.15, -0.1) is 0 Å². The van der Waals surface area contributed by atoms with Crippen LogP contribution in [0.2, 0.25) is 0 Å². The van der Waals surface area contributed by atoms with Gasteiger partial charge in [0, 0.05) is 19.1 Å². The first-order valence-electron chi connectivity index (χ1n) is 10.7. The summed E-state index contributed by atoms with van der Waals surface area (Å²) in [5.41, 5.74) is 9.35. The molecule has 0 aliphatic carbocycles. The molecule has 2 saturated heterocycles. The van der Waals surface area contributed by atoms with Gasteiger partial charge in [0.05, 0.1) is 31.3 Å². The van der Waals surface area contributed by atoms with E-state index in [1.165, 1.54) is 37.1 Å². The Morgan fingerprint density at radius 3 is 2.57 bits per heavy atom. The van der Waals surface area contributed by atoms with Crippen LogP contribution < -0.4 is 10.5 Å². The van der Waals surface area contributed by atoms with Crippen molar-refractivity contribution in [2.75, 3.05) is 38.6 Å². The number of nitrogens with zero attached hydrogens (tertiary/aromatic N) is 5. The lowest BCUT2D eigenvalue weighted by Gasteiger charge is -2.14. The third kappa shape index (κ3) is 4.24. The SMILES string of the molecule is Nc1nc(OCC2CCOC2)nc2c1cnn2Cc1ccc(CN2CCCC2)cc1. The van der Waals surface area contributed by atoms with Gasteiger partial charge in [-0.05, 0) is 43.5 Å². The number of nitrogens with two attached hydrogens (primary N) is 1. The summed E-state index contributed by atoms with van der Waals surface area (Å²) in [7, 11) is 0. The number of rotatable bonds is 7. The van der Waals surface area contributed by atoms with Crippen molar-refractivity contribution in [2.45, 2.75) is 32.4 Å². The summed E-state index contributed by atoms with van der Waals surface area (Å²) in [6, 6.07) is 9.05. The highest BCUT2D eigenvalue weighted by Gasteiger charge is 2.18. The van der Waals surface area contributed by atoms with Crippen LogP contribution in [0.3, 0.4) is 0 Å². The molecule has 0 bridgehead atoms. The number of nitrogen functional groups attached to an aromatic ring is 1. The van der Waals surface area contributed by atoms with E-state index in [-0.39, 0.29) is 0 Å². The normalized spacial score (nSPS) is 19.7. The second-order valence-electron chi connectivity index (χ2n) is 8.27. The maximum absolute atomic E-state index is 6.13. The number of hydrogen-bond acceptors (Lipinski definition) is 7. The van der Waals surface area contributed by atoms with Crippen molar-refractivity contribution in [3.05, 3.63) is 41.6 Å². The Morgan fingerprint density at radius 1 is 1.07 bits per heavy atom. The first-order chi connectivity index (χ1) is 14.7. The van der Waals surface area contributed by atoms with Crippen LogP contribution in [0.5, 0.6) is 6.01 Å². The van der Waals surface area contributed by atoms with Gasteiger partial charge >= 0.3 is 6.01 Å². The van der Waals surface area contributed by atoms with Crippen LogP contribution in [0.4, 0.5) is 5.82 Å². The summed E-state index contributed by atoms with van der Waals surface area (Å²) in [4.78, 5) is 11.4. The van der Waals surface area contributed by atoms with E-state index in [9.17, 15) is 0 Å². The number of anilines is 1. The molecular formula is C22H28N6O2. The Kier molecular flexibility index (Phi) is 5.50. The molecule has 158 valence electrons. The fourth-order valence-corrected chi connectivity index (χ4v) is 4.17. The van der Waals surface area contributed by atoms with Crippen LogP contribution >= 0.6 is 0 Å². The molecule has 30 heavy (non-hydrogen) atoms. The Morgan fingerprint density at radius 2 is 1.83 bits per heavy atom. The summed E-state index contributed by atoms with van der Waals surface area (Å²) in [5.74, 6) is 0.777. The van der Waals surface area contributed by atoms with Crippen LogP contribution in [-0.4, -0.2) is 57.6 Å². The monoisotopic (exact) mass is 408 g/mol. The molecule has 2 N–H and O–H groups in total. The van der Waals surface area contributed by atoms with E-state index in [2.05, 4.69) is 44.2 Å². The highest BCUT2D eigenvalue weighted by molar-refractivity contribution is 5.85. The third-order valence-electron chi connectivity index (χ3n) is 5.94. The zero-order valence-corrected chi connectivity index (χ0v) is 17.2. The van der Waals surface area contributed by atoms with Crippen molar-refractivity contribution in [1.82, 2.24) is 24.6 Å². The Bertz CT molecular complexity index is 991. The maximum atomic E-state index is 6.13. The van der Waals surface area contributed by atoms with Crippen LogP contribution in [0.15, 0.2) is 30.5 Å². The van der Waals surface area contributed by atoms with E-state index in [1.54, 1.807) is 6.20 Å². The fraction of sp³-hybridized carbons (Fsp3) is 0.500. The van der Waals surface area contributed by atoms with Crippen LogP contribution in [0, 0.1) is 5.92 Å². The zero-order chi connectivity index (χ0) is 20.3. The van der Waals surface area contributed by atoms with E-state index in [0.717, 1.165) is 31.6 Å².